The highest BCUT2D eigenvalue weighted by atomic mass is 16.5. The molecule has 0 aliphatic carbocycles. The van der Waals surface area contributed by atoms with Gasteiger partial charge in [-0.15, -0.1) is 0 Å². The number of amides is 1. The summed E-state index contributed by atoms with van der Waals surface area (Å²) in [5.41, 5.74) is 2.73. The Morgan fingerprint density at radius 2 is 1.47 bits per heavy atom. The number of ether oxygens (including phenoxy) is 2. The fourth-order valence-corrected chi connectivity index (χ4v) is 3.92. The molecule has 0 saturated carbocycles. The molecule has 0 bridgehead atoms. The van der Waals surface area contributed by atoms with Crippen LogP contribution in [0.4, 0.5) is 0 Å². The highest BCUT2D eigenvalue weighted by molar-refractivity contribution is 5.88. The highest BCUT2D eigenvalue weighted by Gasteiger charge is 2.41. The first-order valence-corrected chi connectivity index (χ1v) is 10.4. The first kappa shape index (κ1) is 20.2. The number of carbonyl (C=O) groups is 1. The van der Waals surface area contributed by atoms with E-state index in [0.29, 0.717) is 39.2 Å². The van der Waals surface area contributed by atoms with E-state index in [9.17, 15) is 4.79 Å². The van der Waals surface area contributed by atoms with Crippen LogP contribution in [-0.2, 0) is 28.1 Å². The molecule has 3 aromatic carbocycles. The number of carbonyl (C=O) groups excluding carboxylic acids is 1. The predicted octanol–water partition coefficient (Wildman–Crippen LogP) is 4.63. The van der Waals surface area contributed by atoms with Crippen molar-refractivity contribution in [2.24, 2.45) is 0 Å². The maximum absolute atomic E-state index is 13.2. The smallest absolute Gasteiger partial charge is 0.231 e. The van der Waals surface area contributed by atoms with Gasteiger partial charge in [0.25, 0.3) is 0 Å². The molecule has 30 heavy (non-hydrogen) atoms. The molecule has 154 valence electrons. The van der Waals surface area contributed by atoms with Crippen LogP contribution in [0.2, 0.25) is 0 Å². The minimum Gasteiger partial charge on any atom is -0.489 e. The van der Waals surface area contributed by atoms with Gasteiger partial charge < -0.3 is 14.8 Å². The number of hydrogen-bond acceptors (Lipinski definition) is 3. The van der Waals surface area contributed by atoms with E-state index >= 15 is 0 Å². The largest absolute Gasteiger partial charge is 0.489 e. The Hall–Kier alpha value is -3.11. The molecule has 4 rings (SSSR count). The number of hydrogen-bond donors (Lipinski definition) is 1. The van der Waals surface area contributed by atoms with Gasteiger partial charge >= 0.3 is 0 Å². The number of nitrogens with one attached hydrogen (secondary N) is 1. The monoisotopic (exact) mass is 401 g/mol. The van der Waals surface area contributed by atoms with Crippen LogP contribution in [-0.4, -0.2) is 19.1 Å². The maximum atomic E-state index is 13.2. The summed E-state index contributed by atoms with van der Waals surface area (Å²) < 4.78 is 11.4. The highest BCUT2D eigenvalue weighted by Crippen LogP contribution is 2.35. The maximum Gasteiger partial charge on any atom is 0.231 e. The zero-order valence-corrected chi connectivity index (χ0v) is 17.1. The summed E-state index contributed by atoms with van der Waals surface area (Å²) in [6, 6.07) is 28.1. The first-order chi connectivity index (χ1) is 14.8. The Bertz CT molecular complexity index is 933. The molecule has 1 heterocycles. The fraction of sp³-hybridized carbons (Fsp3) is 0.269. The summed E-state index contributed by atoms with van der Waals surface area (Å²) in [5, 5.41) is 3.15. The summed E-state index contributed by atoms with van der Waals surface area (Å²) in [5.74, 6) is 0.889. The average Bonchev–Trinajstić information content (AvgIpc) is 2.83. The van der Waals surface area contributed by atoms with Crippen molar-refractivity contribution < 1.29 is 14.3 Å². The molecule has 0 radical (unpaired) electrons. The molecule has 1 aliphatic rings. The van der Waals surface area contributed by atoms with Crippen LogP contribution >= 0.6 is 0 Å². The van der Waals surface area contributed by atoms with Crippen LogP contribution in [0, 0.1) is 0 Å². The van der Waals surface area contributed by atoms with Gasteiger partial charge in [-0.05, 0) is 41.7 Å². The molecule has 1 N–H and O–H groups in total. The van der Waals surface area contributed by atoms with Crippen LogP contribution in [0.5, 0.6) is 5.75 Å². The van der Waals surface area contributed by atoms with E-state index in [1.807, 2.05) is 84.9 Å². The van der Waals surface area contributed by atoms with Gasteiger partial charge in [0.2, 0.25) is 5.91 Å². The van der Waals surface area contributed by atoms with Crippen LogP contribution in [0.3, 0.4) is 0 Å². The topological polar surface area (TPSA) is 47.6 Å². The van der Waals surface area contributed by atoms with Crippen LogP contribution < -0.4 is 10.1 Å². The van der Waals surface area contributed by atoms with Crippen molar-refractivity contribution in [1.82, 2.24) is 5.32 Å². The Kier molecular flexibility index (Phi) is 6.45. The van der Waals surface area contributed by atoms with Gasteiger partial charge in [-0.3, -0.25) is 4.79 Å². The first-order valence-electron chi connectivity index (χ1n) is 10.4. The minimum absolute atomic E-state index is 0.0707. The third-order valence-corrected chi connectivity index (χ3v) is 5.73. The number of rotatable bonds is 7. The van der Waals surface area contributed by atoms with Crippen molar-refractivity contribution in [3.05, 3.63) is 102 Å². The SMILES string of the molecule is O=C(NCc1ccc(OCc2ccccc2)cc1)C1(c2ccccc2)CCOCC1. The van der Waals surface area contributed by atoms with Crippen LogP contribution in [0.1, 0.15) is 29.5 Å². The van der Waals surface area contributed by atoms with Gasteiger partial charge in [0, 0.05) is 19.8 Å². The van der Waals surface area contributed by atoms with Crippen LogP contribution in [0.15, 0.2) is 84.9 Å². The van der Waals surface area contributed by atoms with E-state index < -0.39 is 5.41 Å². The molecule has 0 spiro atoms. The molecule has 1 saturated heterocycles. The van der Waals surface area contributed by atoms with Gasteiger partial charge in [0.05, 0.1) is 5.41 Å². The summed E-state index contributed by atoms with van der Waals surface area (Å²) in [6.07, 6.45) is 1.41. The van der Waals surface area contributed by atoms with E-state index in [1.165, 1.54) is 0 Å². The van der Waals surface area contributed by atoms with E-state index in [0.717, 1.165) is 22.4 Å². The molecule has 4 nitrogen and oxygen atoms in total. The van der Waals surface area contributed by atoms with E-state index in [-0.39, 0.29) is 5.91 Å². The third-order valence-electron chi connectivity index (χ3n) is 5.73. The molecule has 0 aromatic heterocycles. The molecular formula is C26H27NO3. The molecule has 4 heteroatoms. The third kappa shape index (κ3) is 4.71. The molecular weight excluding hydrogens is 374 g/mol. The Labute approximate surface area is 177 Å². The zero-order valence-electron chi connectivity index (χ0n) is 17.1. The summed E-state index contributed by atoms with van der Waals surface area (Å²) in [4.78, 5) is 13.2. The lowest BCUT2D eigenvalue weighted by Crippen LogP contribution is -2.47. The lowest BCUT2D eigenvalue weighted by molar-refractivity contribution is -0.130. The lowest BCUT2D eigenvalue weighted by Gasteiger charge is -2.36. The predicted molar refractivity (Wildman–Crippen MR) is 117 cm³/mol. The van der Waals surface area contributed by atoms with Crippen molar-refractivity contribution in [1.29, 1.82) is 0 Å². The molecule has 0 unspecified atom stereocenters. The van der Waals surface area contributed by atoms with E-state index in [2.05, 4.69) is 5.32 Å². The normalized spacial score (nSPS) is 15.3. The van der Waals surface area contributed by atoms with Gasteiger partial charge in [-0.2, -0.15) is 0 Å². The molecule has 1 amide bonds. The Balaban J connectivity index is 1.36. The molecule has 3 aromatic rings. The summed E-state index contributed by atoms with van der Waals surface area (Å²) in [6.45, 7) is 2.25. The van der Waals surface area contributed by atoms with Crippen LogP contribution in [0.25, 0.3) is 0 Å². The van der Waals surface area contributed by atoms with Crippen molar-refractivity contribution in [2.45, 2.75) is 31.4 Å². The average molecular weight is 402 g/mol. The second kappa shape index (κ2) is 9.59. The fourth-order valence-electron chi connectivity index (χ4n) is 3.92. The van der Waals surface area contributed by atoms with E-state index in [4.69, 9.17) is 9.47 Å². The standard InChI is InChI=1S/C26H27NO3/c28-25(26(15-17-29-18-16-26)23-9-5-2-6-10-23)27-19-21-11-13-24(14-12-21)30-20-22-7-3-1-4-8-22/h1-14H,15-20H2,(H,27,28). The second-order valence-corrected chi connectivity index (χ2v) is 7.66. The van der Waals surface area contributed by atoms with Crippen molar-refractivity contribution in [3.8, 4) is 5.75 Å². The summed E-state index contributed by atoms with van der Waals surface area (Å²) in [7, 11) is 0. The molecule has 1 fully saturated rings. The van der Waals surface area contributed by atoms with Crippen molar-refractivity contribution in [3.63, 3.8) is 0 Å². The Morgan fingerprint density at radius 3 is 2.13 bits per heavy atom. The van der Waals surface area contributed by atoms with Crippen molar-refractivity contribution >= 4 is 5.91 Å². The van der Waals surface area contributed by atoms with Gasteiger partial charge in [0.15, 0.2) is 0 Å². The molecule has 1 aliphatic heterocycles. The van der Waals surface area contributed by atoms with Gasteiger partial charge in [0.1, 0.15) is 12.4 Å². The minimum atomic E-state index is -0.516. The van der Waals surface area contributed by atoms with Crippen molar-refractivity contribution in [2.75, 3.05) is 13.2 Å². The van der Waals surface area contributed by atoms with E-state index in [1.54, 1.807) is 0 Å². The second-order valence-electron chi connectivity index (χ2n) is 7.66. The number of benzene rings is 3. The molecule has 0 atom stereocenters. The lowest BCUT2D eigenvalue weighted by atomic mass is 9.73. The summed E-state index contributed by atoms with van der Waals surface area (Å²) >= 11 is 0. The van der Waals surface area contributed by atoms with Gasteiger partial charge in [-0.25, -0.2) is 0 Å². The quantitative estimate of drug-likeness (QED) is 0.628. The zero-order chi connectivity index (χ0) is 20.7. The Morgan fingerprint density at radius 1 is 0.833 bits per heavy atom. The van der Waals surface area contributed by atoms with Gasteiger partial charge in [-0.1, -0.05) is 72.8 Å².